The van der Waals surface area contributed by atoms with Crippen LogP contribution in [-0.2, 0) is 13.0 Å². The minimum Gasteiger partial charge on any atom is -0.454 e. The molecular weight excluding hydrogens is 370 g/mol. The summed E-state index contributed by atoms with van der Waals surface area (Å²) in [6.07, 6.45) is 2.46. The molecule has 0 unspecified atom stereocenters. The van der Waals surface area contributed by atoms with Crippen molar-refractivity contribution in [3.63, 3.8) is 0 Å². The lowest BCUT2D eigenvalue weighted by molar-refractivity contribution is 0.0995. The Labute approximate surface area is 160 Å². The molecule has 3 aromatic rings. The Balaban J connectivity index is 1.54. The lowest BCUT2D eigenvalue weighted by Gasteiger charge is -2.10. The average molecular weight is 388 g/mol. The van der Waals surface area contributed by atoms with Gasteiger partial charge in [0.05, 0.1) is 11.2 Å². The normalized spacial score (nSPS) is 10.7. The van der Waals surface area contributed by atoms with Gasteiger partial charge in [-0.25, -0.2) is 4.98 Å². The Morgan fingerprint density at radius 2 is 2.15 bits per heavy atom. The van der Waals surface area contributed by atoms with E-state index in [1.54, 1.807) is 17.4 Å². The molecule has 0 aliphatic heterocycles. The van der Waals surface area contributed by atoms with Crippen LogP contribution in [0.3, 0.4) is 0 Å². The summed E-state index contributed by atoms with van der Waals surface area (Å²) >= 11 is 8.08. The van der Waals surface area contributed by atoms with E-state index in [1.165, 1.54) is 17.1 Å². The van der Waals surface area contributed by atoms with Crippen LogP contribution in [0.1, 0.15) is 20.9 Å². The van der Waals surface area contributed by atoms with Crippen molar-refractivity contribution in [3.05, 3.63) is 75.2 Å². The second-order valence-corrected chi connectivity index (χ2v) is 7.06. The predicted molar refractivity (Wildman–Crippen MR) is 104 cm³/mol. The Morgan fingerprint density at radius 3 is 2.81 bits per heavy atom. The van der Waals surface area contributed by atoms with Gasteiger partial charge in [-0.15, -0.1) is 11.3 Å². The highest BCUT2D eigenvalue weighted by molar-refractivity contribution is 7.09. The van der Waals surface area contributed by atoms with E-state index in [9.17, 15) is 4.79 Å². The van der Waals surface area contributed by atoms with Crippen LogP contribution in [0.15, 0.2) is 54.0 Å². The monoisotopic (exact) mass is 387 g/mol. The van der Waals surface area contributed by atoms with Crippen LogP contribution in [-0.4, -0.2) is 17.4 Å². The number of rotatable bonds is 8. The first-order valence-electron chi connectivity index (χ1n) is 8.07. The van der Waals surface area contributed by atoms with E-state index >= 15 is 0 Å². The second-order valence-electron chi connectivity index (χ2n) is 5.62. The molecule has 0 radical (unpaired) electrons. The van der Waals surface area contributed by atoms with Crippen molar-refractivity contribution in [2.45, 2.75) is 13.0 Å². The highest BCUT2D eigenvalue weighted by atomic mass is 35.5. The number of halogens is 1. The van der Waals surface area contributed by atoms with Gasteiger partial charge in [-0.05, 0) is 47.7 Å². The number of thiophene rings is 1. The Bertz CT molecular complexity index is 867. The standard InChI is InChI=1S/C19H18ClN3O2S/c20-16-10-13(11-22-8-7-15-2-1-9-26-15)3-6-18(16)25-14-4-5-17(19(21)24)23-12-14/h1-6,9-10,12,22H,7-8,11H2,(H2,21,24). The summed E-state index contributed by atoms with van der Waals surface area (Å²) in [5, 5.41) is 6.01. The Morgan fingerprint density at radius 1 is 1.27 bits per heavy atom. The summed E-state index contributed by atoms with van der Waals surface area (Å²) in [5.41, 5.74) is 6.43. The largest absolute Gasteiger partial charge is 0.454 e. The van der Waals surface area contributed by atoms with E-state index in [0.29, 0.717) is 16.5 Å². The first-order valence-corrected chi connectivity index (χ1v) is 9.33. The number of primary amides is 1. The van der Waals surface area contributed by atoms with E-state index in [4.69, 9.17) is 22.1 Å². The van der Waals surface area contributed by atoms with Crippen molar-refractivity contribution in [1.29, 1.82) is 0 Å². The molecule has 26 heavy (non-hydrogen) atoms. The topological polar surface area (TPSA) is 77.2 Å². The number of amides is 1. The summed E-state index contributed by atoms with van der Waals surface area (Å²) in [4.78, 5) is 16.3. The predicted octanol–water partition coefficient (Wildman–Crippen LogP) is 4.02. The number of carbonyl (C=O) groups excluding carboxylic acids is 1. The molecule has 2 aromatic heterocycles. The number of ether oxygens (including phenoxy) is 1. The van der Waals surface area contributed by atoms with Crippen LogP contribution in [0, 0.1) is 0 Å². The van der Waals surface area contributed by atoms with Gasteiger partial charge in [0.15, 0.2) is 0 Å². The number of nitrogens with one attached hydrogen (secondary N) is 1. The van der Waals surface area contributed by atoms with Gasteiger partial charge < -0.3 is 15.8 Å². The third-order valence-electron chi connectivity index (χ3n) is 3.67. The van der Waals surface area contributed by atoms with Crippen LogP contribution in [0.2, 0.25) is 5.02 Å². The summed E-state index contributed by atoms with van der Waals surface area (Å²) < 4.78 is 5.71. The van der Waals surface area contributed by atoms with Crippen molar-refractivity contribution >= 4 is 28.8 Å². The van der Waals surface area contributed by atoms with Gasteiger partial charge in [-0.2, -0.15) is 0 Å². The number of nitrogens with zero attached hydrogens (tertiary/aromatic N) is 1. The molecule has 2 heterocycles. The third-order valence-corrected chi connectivity index (χ3v) is 4.90. The molecule has 0 bridgehead atoms. The second kappa shape index (κ2) is 8.80. The molecule has 134 valence electrons. The van der Waals surface area contributed by atoms with E-state index in [2.05, 4.69) is 27.8 Å². The van der Waals surface area contributed by atoms with Gasteiger partial charge in [0.25, 0.3) is 5.91 Å². The molecular formula is C19H18ClN3O2S. The van der Waals surface area contributed by atoms with Crippen molar-refractivity contribution in [1.82, 2.24) is 10.3 Å². The summed E-state index contributed by atoms with van der Waals surface area (Å²) in [7, 11) is 0. The number of hydrogen-bond donors (Lipinski definition) is 2. The number of nitrogens with two attached hydrogens (primary N) is 1. The van der Waals surface area contributed by atoms with E-state index in [0.717, 1.165) is 25.1 Å². The molecule has 5 nitrogen and oxygen atoms in total. The van der Waals surface area contributed by atoms with Gasteiger partial charge in [0, 0.05) is 18.0 Å². The number of pyridine rings is 1. The first-order chi connectivity index (χ1) is 12.6. The molecule has 0 aliphatic carbocycles. The molecule has 0 spiro atoms. The molecule has 0 saturated carbocycles. The summed E-state index contributed by atoms with van der Waals surface area (Å²) in [6.45, 7) is 1.65. The van der Waals surface area contributed by atoms with Crippen LogP contribution in [0.5, 0.6) is 11.5 Å². The van der Waals surface area contributed by atoms with E-state index < -0.39 is 5.91 Å². The number of benzene rings is 1. The van der Waals surface area contributed by atoms with Crippen molar-refractivity contribution < 1.29 is 9.53 Å². The van der Waals surface area contributed by atoms with Crippen LogP contribution in [0.25, 0.3) is 0 Å². The molecule has 3 rings (SSSR count). The number of hydrogen-bond acceptors (Lipinski definition) is 5. The van der Waals surface area contributed by atoms with Crippen molar-refractivity contribution in [2.24, 2.45) is 5.73 Å². The highest BCUT2D eigenvalue weighted by Gasteiger charge is 2.07. The smallest absolute Gasteiger partial charge is 0.267 e. The van der Waals surface area contributed by atoms with Crippen molar-refractivity contribution in [3.8, 4) is 11.5 Å². The molecule has 0 aliphatic rings. The molecule has 1 aromatic carbocycles. The lowest BCUT2D eigenvalue weighted by atomic mass is 10.2. The van der Waals surface area contributed by atoms with Gasteiger partial charge in [-0.3, -0.25) is 4.79 Å². The van der Waals surface area contributed by atoms with Crippen LogP contribution < -0.4 is 15.8 Å². The number of aromatic nitrogens is 1. The average Bonchev–Trinajstić information content (AvgIpc) is 3.15. The van der Waals surface area contributed by atoms with Crippen LogP contribution in [0.4, 0.5) is 0 Å². The van der Waals surface area contributed by atoms with Crippen molar-refractivity contribution in [2.75, 3.05) is 6.54 Å². The zero-order valence-electron chi connectivity index (χ0n) is 13.9. The van der Waals surface area contributed by atoms with Gasteiger partial charge in [-0.1, -0.05) is 23.7 Å². The first kappa shape index (κ1) is 18.4. The maximum atomic E-state index is 11.0. The lowest BCUT2D eigenvalue weighted by Crippen LogP contribution is -2.16. The Kier molecular flexibility index (Phi) is 6.22. The van der Waals surface area contributed by atoms with Gasteiger partial charge >= 0.3 is 0 Å². The van der Waals surface area contributed by atoms with E-state index in [1.807, 2.05) is 18.2 Å². The maximum absolute atomic E-state index is 11.0. The Hall–Kier alpha value is -2.41. The van der Waals surface area contributed by atoms with Gasteiger partial charge in [0.2, 0.25) is 0 Å². The number of carbonyl (C=O) groups is 1. The zero-order chi connectivity index (χ0) is 18.4. The molecule has 7 heteroatoms. The fourth-order valence-corrected chi connectivity index (χ4v) is 3.30. The molecule has 0 saturated heterocycles. The van der Waals surface area contributed by atoms with Crippen LogP contribution >= 0.6 is 22.9 Å². The van der Waals surface area contributed by atoms with E-state index in [-0.39, 0.29) is 5.69 Å². The summed E-state index contributed by atoms with van der Waals surface area (Å²) in [6, 6.07) is 13.0. The molecule has 1 amide bonds. The fourth-order valence-electron chi connectivity index (χ4n) is 2.35. The zero-order valence-corrected chi connectivity index (χ0v) is 15.5. The fraction of sp³-hybridized carbons (Fsp3) is 0.158. The molecule has 0 fully saturated rings. The maximum Gasteiger partial charge on any atom is 0.267 e. The minimum atomic E-state index is -0.578. The molecule has 3 N–H and O–H groups in total. The minimum absolute atomic E-state index is 0.187. The highest BCUT2D eigenvalue weighted by Crippen LogP contribution is 2.29. The SMILES string of the molecule is NC(=O)c1ccc(Oc2ccc(CNCCc3cccs3)cc2Cl)cn1. The van der Waals surface area contributed by atoms with Gasteiger partial charge in [0.1, 0.15) is 17.2 Å². The quantitative estimate of drug-likeness (QED) is 0.572. The third kappa shape index (κ3) is 5.05. The molecule has 0 atom stereocenters. The summed E-state index contributed by atoms with van der Waals surface area (Å²) in [5.74, 6) is 0.437.